The predicted octanol–water partition coefficient (Wildman–Crippen LogP) is 1.02. The van der Waals surface area contributed by atoms with E-state index in [2.05, 4.69) is 9.72 Å². The highest BCUT2D eigenvalue weighted by molar-refractivity contribution is 5.72. The van der Waals surface area contributed by atoms with Crippen LogP contribution in [0.2, 0.25) is 0 Å². The molecule has 0 saturated carbocycles. The van der Waals surface area contributed by atoms with Crippen molar-refractivity contribution in [3.63, 3.8) is 0 Å². The largest absolute Gasteiger partial charge is 0.504 e. The van der Waals surface area contributed by atoms with Gasteiger partial charge in [0.1, 0.15) is 0 Å². The van der Waals surface area contributed by atoms with Crippen LogP contribution in [0.15, 0.2) is 6.07 Å². The van der Waals surface area contributed by atoms with Crippen LogP contribution >= 0.6 is 0 Å². The van der Waals surface area contributed by atoms with Crippen LogP contribution in [0, 0.1) is 0 Å². The Bertz CT molecular complexity index is 410. The molecule has 1 heterocycles. The molecule has 0 unspecified atom stereocenters. The van der Waals surface area contributed by atoms with Gasteiger partial charge in [-0.05, 0) is 6.07 Å². The Morgan fingerprint density at radius 2 is 2.31 bits per heavy atom. The number of pyridine rings is 1. The standard InChI is InChI=1S/C9H10F2N2O3/c1-16-6(14)3-4-2-5(8(10)11)7(15)9(12)13-4/h2,8,15H,3H2,1H3,(H2,12,13). The maximum Gasteiger partial charge on any atom is 0.311 e. The van der Waals surface area contributed by atoms with Crippen LogP contribution in [0.3, 0.4) is 0 Å². The van der Waals surface area contributed by atoms with E-state index < -0.39 is 29.5 Å². The van der Waals surface area contributed by atoms with E-state index in [-0.39, 0.29) is 12.1 Å². The van der Waals surface area contributed by atoms with Gasteiger partial charge in [0.05, 0.1) is 24.8 Å². The van der Waals surface area contributed by atoms with Gasteiger partial charge in [-0.2, -0.15) is 0 Å². The minimum Gasteiger partial charge on any atom is -0.504 e. The van der Waals surface area contributed by atoms with Gasteiger partial charge in [0.15, 0.2) is 11.6 Å². The normalized spacial score (nSPS) is 10.5. The van der Waals surface area contributed by atoms with Crippen LogP contribution in [0.4, 0.5) is 14.6 Å². The van der Waals surface area contributed by atoms with E-state index in [4.69, 9.17) is 5.73 Å². The molecule has 7 heteroatoms. The van der Waals surface area contributed by atoms with E-state index in [9.17, 15) is 18.7 Å². The molecule has 0 aromatic carbocycles. The second kappa shape index (κ2) is 4.73. The summed E-state index contributed by atoms with van der Waals surface area (Å²) in [5.74, 6) is -1.82. The Hall–Kier alpha value is -1.92. The van der Waals surface area contributed by atoms with Crippen molar-refractivity contribution in [2.45, 2.75) is 12.8 Å². The van der Waals surface area contributed by atoms with Crippen molar-refractivity contribution in [1.82, 2.24) is 4.98 Å². The summed E-state index contributed by atoms with van der Waals surface area (Å²) in [6.45, 7) is 0. The highest BCUT2D eigenvalue weighted by atomic mass is 19.3. The van der Waals surface area contributed by atoms with Crippen molar-refractivity contribution in [3.8, 4) is 5.75 Å². The van der Waals surface area contributed by atoms with Gasteiger partial charge in [0.25, 0.3) is 6.43 Å². The lowest BCUT2D eigenvalue weighted by Gasteiger charge is -2.08. The maximum absolute atomic E-state index is 12.4. The number of nitrogens with two attached hydrogens (primary N) is 1. The third-order valence-electron chi connectivity index (χ3n) is 1.89. The molecule has 0 amide bonds. The summed E-state index contributed by atoms with van der Waals surface area (Å²) in [5.41, 5.74) is 4.61. The Balaban J connectivity index is 3.09. The minimum atomic E-state index is -2.89. The molecular weight excluding hydrogens is 222 g/mol. The van der Waals surface area contributed by atoms with Gasteiger partial charge in [0, 0.05) is 0 Å². The Morgan fingerprint density at radius 3 is 2.81 bits per heavy atom. The summed E-state index contributed by atoms with van der Waals surface area (Å²) >= 11 is 0. The van der Waals surface area contributed by atoms with Crippen LogP contribution in [-0.4, -0.2) is 23.2 Å². The van der Waals surface area contributed by atoms with Crippen LogP contribution in [0.1, 0.15) is 17.7 Å². The smallest absolute Gasteiger partial charge is 0.311 e. The van der Waals surface area contributed by atoms with Crippen LogP contribution < -0.4 is 5.73 Å². The number of anilines is 1. The summed E-state index contributed by atoms with van der Waals surface area (Å²) in [7, 11) is 1.17. The molecule has 3 N–H and O–H groups in total. The number of rotatable bonds is 3. The maximum atomic E-state index is 12.4. The number of nitrogen functional groups attached to an aromatic ring is 1. The number of methoxy groups -OCH3 is 1. The molecule has 88 valence electrons. The molecule has 16 heavy (non-hydrogen) atoms. The first-order valence-electron chi connectivity index (χ1n) is 4.29. The van der Waals surface area contributed by atoms with Crippen molar-refractivity contribution < 1.29 is 23.4 Å². The van der Waals surface area contributed by atoms with E-state index in [0.29, 0.717) is 0 Å². The molecular formula is C9H10F2N2O3. The van der Waals surface area contributed by atoms with E-state index in [1.165, 1.54) is 7.11 Å². The zero-order chi connectivity index (χ0) is 12.3. The predicted molar refractivity (Wildman–Crippen MR) is 51.0 cm³/mol. The van der Waals surface area contributed by atoms with Gasteiger partial charge >= 0.3 is 5.97 Å². The summed E-state index contributed by atoms with van der Waals surface area (Å²) in [4.78, 5) is 14.5. The minimum absolute atomic E-state index is 0.0254. The lowest BCUT2D eigenvalue weighted by Crippen LogP contribution is -2.08. The van der Waals surface area contributed by atoms with Gasteiger partial charge in [-0.3, -0.25) is 4.79 Å². The van der Waals surface area contributed by atoms with E-state index in [1.807, 2.05) is 0 Å². The molecule has 0 saturated heterocycles. The molecule has 0 fully saturated rings. The second-order valence-electron chi connectivity index (χ2n) is 2.99. The molecule has 0 atom stereocenters. The zero-order valence-corrected chi connectivity index (χ0v) is 8.41. The summed E-state index contributed by atoms with van der Waals surface area (Å²) < 4.78 is 29.3. The fourth-order valence-corrected chi connectivity index (χ4v) is 1.11. The average Bonchev–Trinajstić information content (AvgIpc) is 2.22. The van der Waals surface area contributed by atoms with Crippen molar-refractivity contribution in [3.05, 3.63) is 17.3 Å². The van der Waals surface area contributed by atoms with Gasteiger partial charge in [0.2, 0.25) is 0 Å². The average molecular weight is 232 g/mol. The molecule has 0 aliphatic carbocycles. The lowest BCUT2D eigenvalue weighted by molar-refractivity contribution is -0.139. The first-order chi connectivity index (χ1) is 7.45. The first-order valence-corrected chi connectivity index (χ1v) is 4.29. The fourth-order valence-electron chi connectivity index (χ4n) is 1.11. The number of alkyl halides is 2. The monoisotopic (exact) mass is 232 g/mol. The van der Waals surface area contributed by atoms with Gasteiger partial charge in [-0.15, -0.1) is 0 Å². The third-order valence-corrected chi connectivity index (χ3v) is 1.89. The molecule has 1 aromatic heterocycles. The zero-order valence-electron chi connectivity index (χ0n) is 8.41. The van der Waals surface area contributed by atoms with E-state index in [0.717, 1.165) is 6.07 Å². The number of halogens is 2. The molecule has 0 radical (unpaired) electrons. The molecule has 0 aliphatic rings. The quantitative estimate of drug-likeness (QED) is 0.760. The molecule has 0 bridgehead atoms. The van der Waals surface area contributed by atoms with Gasteiger partial charge in [-0.1, -0.05) is 0 Å². The van der Waals surface area contributed by atoms with Crippen molar-refractivity contribution in [2.75, 3.05) is 12.8 Å². The van der Waals surface area contributed by atoms with E-state index >= 15 is 0 Å². The third kappa shape index (κ3) is 2.56. The SMILES string of the molecule is COC(=O)Cc1cc(C(F)F)c(O)c(N)n1. The Kier molecular flexibility index (Phi) is 3.60. The molecule has 0 spiro atoms. The van der Waals surface area contributed by atoms with Crippen molar-refractivity contribution in [2.24, 2.45) is 0 Å². The number of hydrogen-bond acceptors (Lipinski definition) is 5. The number of ether oxygens (including phenoxy) is 1. The topological polar surface area (TPSA) is 85.4 Å². The van der Waals surface area contributed by atoms with Gasteiger partial charge in [-0.25, -0.2) is 13.8 Å². The summed E-state index contributed by atoms with van der Waals surface area (Å²) in [6, 6.07) is 0.924. The van der Waals surface area contributed by atoms with Crippen LogP contribution in [0.5, 0.6) is 5.75 Å². The fraction of sp³-hybridized carbons (Fsp3) is 0.333. The number of esters is 1. The molecule has 1 aromatic rings. The summed E-state index contributed by atoms with van der Waals surface area (Å²) in [6.07, 6.45) is -3.16. The van der Waals surface area contributed by atoms with E-state index in [1.54, 1.807) is 0 Å². The Labute approximate surface area is 89.9 Å². The second-order valence-corrected chi connectivity index (χ2v) is 2.99. The number of aromatic nitrogens is 1. The number of carbonyl (C=O) groups excluding carboxylic acids is 1. The van der Waals surface area contributed by atoms with Crippen molar-refractivity contribution >= 4 is 11.8 Å². The highest BCUT2D eigenvalue weighted by Crippen LogP contribution is 2.32. The summed E-state index contributed by atoms with van der Waals surface area (Å²) in [5, 5.41) is 9.20. The number of nitrogens with zero attached hydrogens (tertiary/aromatic N) is 1. The molecule has 1 rings (SSSR count). The first kappa shape index (κ1) is 12.2. The Morgan fingerprint density at radius 1 is 1.69 bits per heavy atom. The number of carbonyl (C=O) groups is 1. The number of hydrogen-bond donors (Lipinski definition) is 2. The van der Waals surface area contributed by atoms with Gasteiger partial charge < -0.3 is 15.6 Å². The lowest BCUT2D eigenvalue weighted by atomic mass is 10.1. The van der Waals surface area contributed by atoms with Crippen LogP contribution in [-0.2, 0) is 16.0 Å². The molecule has 0 aliphatic heterocycles. The molecule has 5 nitrogen and oxygen atoms in total. The highest BCUT2D eigenvalue weighted by Gasteiger charge is 2.18. The van der Waals surface area contributed by atoms with Crippen molar-refractivity contribution in [1.29, 1.82) is 0 Å². The number of aromatic hydroxyl groups is 1. The van der Waals surface area contributed by atoms with Crippen LogP contribution in [0.25, 0.3) is 0 Å².